The van der Waals surface area contributed by atoms with Gasteiger partial charge in [0.1, 0.15) is 18.0 Å². The van der Waals surface area contributed by atoms with E-state index in [0.717, 1.165) is 28.0 Å². The molecule has 1 N–H and O–H groups in total. The van der Waals surface area contributed by atoms with Gasteiger partial charge in [-0.25, -0.2) is 14.1 Å². The van der Waals surface area contributed by atoms with Crippen LogP contribution in [0.3, 0.4) is 0 Å². The van der Waals surface area contributed by atoms with E-state index in [-0.39, 0.29) is 17.9 Å². The molecule has 4 aromatic rings. The number of nitrogens with one attached hydrogen (secondary N) is 1. The number of methoxy groups -OCH3 is 1. The smallest absolute Gasteiger partial charge is 0.336 e. The molecule has 7 nitrogen and oxygen atoms in total. The Labute approximate surface area is 232 Å². The van der Waals surface area contributed by atoms with E-state index in [2.05, 4.69) is 27.3 Å². The molecule has 4 amide bonds. The Balaban J connectivity index is 1.47. The highest BCUT2D eigenvalue weighted by atomic mass is 79.9. The number of rotatable bonds is 6. The molecule has 1 fully saturated rings. The second kappa shape index (κ2) is 10.7. The number of nitrogens with zero attached hydrogens (tertiary/aromatic N) is 1. The first kappa shape index (κ1) is 26.1. The number of amides is 4. The van der Waals surface area contributed by atoms with Gasteiger partial charge in [0.05, 0.1) is 17.3 Å². The van der Waals surface area contributed by atoms with Crippen LogP contribution >= 0.6 is 15.9 Å². The van der Waals surface area contributed by atoms with Crippen LogP contribution in [0.1, 0.15) is 16.7 Å². The molecular formula is C30H22BrFN2O5. The lowest BCUT2D eigenvalue weighted by Gasteiger charge is -2.26. The first-order valence-electron chi connectivity index (χ1n) is 11.9. The van der Waals surface area contributed by atoms with Crippen molar-refractivity contribution >= 4 is 56.3 Å². The van der Waals surface area contributed by atoms with Crippen molar-refractivity contribution in [1.29, 1.82) is 0 Å². The van der Waals surface area contributed by atoms with Crippen molar-refractivity contribution in [2.45, 2.75) is 13.5 Å². The van der Waals surface area contributed by atoms with Crippen molar-refractivity contribution in [1.82, 2.24) is 5.32 Å². The molecule has 9 heteroatoms. The van der Waals surface area contributed by atoms with Gasteiger partial charge in [-0.15, -0.1) is 0 Å². The van der Waals surface area contributed by atoms with Crippen molar-refractivity contribution in [3.05, 3.63) is 105 Å². The van der Waals surface area contributed by atoms with Gasteiger partial charge < -0.3 is 9.47 Å². The van der Waals surface area contributed by atoms with Crippen LogP contribution in [0.15, 0.2) is 82.8 Å². The van der Waals surface area contributed by atoms with Crippen LogP contribution in [0.25, 0.3) is 16.8 Å². The molecule has 0 aromatic heterocycles. The number of benzene rings is 4. The molecule has 5 rings (SSSR count). The summed E-state index contributed by atoms with van der Waals surface area (Å²) in [5.41, 5.74) is 1.95. The quantitative estimate of drug-likeness (QED) is 0.211. The molecule has 1 aliphatic heterocycles. The fourth-order valence-corrected chi connectivity index (χ4v) is 4.99. The average molecular weight is 589 g/mol. The van der Waals surface area contributed by atoms with E-state index < -0.39 is 23.7 Å². The summed E-state index contributed by atoms with van der Waals surface area (Å²) in [6.45, 7) is 2.30. The predicted molar refractivity (Wildman–Crippen MR) is 149 cm³/mol. The van der Waals surface area contributed by atoms with Crippen LogP contribution in [-0.2, 0) is 16.2 Å². The van der Waals surface area contributed by atoms with E-state index in [1.54, 1.807) is 12.1 Å². The molecule has 0 spiro atoms. The summed E-state index contributed by atoms with van der Waals surface area (Å²) < 4.78 is 26.6. The molecule has 0 radical (unpaired) electrons. The Morgan fingerprint density at radius 2 is 1.74 bits per heavy atom. The third kappa shape index (κ3) is 5.00. The van der Waals surface area contributed by atoms with Crippen LogP contribution < -0.4 is 19.7 Å². The fraction of sp³-hybridized carbons (Fsp3) is 0.100. The highest BCUT2D eigenvalue weighted by molar-refractivity contribution is 9.10. The minimum absolute atomic E-state index is 0.260. The number of hydrogen-bond acceptors (Lipinski definition) is 5. The number of fused-ring (bicyclic) bond motifs is 1. The monoisotopic (exact) mass is 588 g/mol. The number of barbiturate groups is 1. The summed E-state index contributed by atoms with van der Waals surface area (Å²) >= 11 is 3.51. The summed E-state index contributed by atoms with van der Waals surface area (Å²) in [4.78, 5) is 38.7. The summed E-state index contributed by atoms with van der Waals surface area (Å²) in [6, 6.07) is 19.7. The number of imide groups is 2. The second-order valence-electron chi connectivity index (χ2n) is 8.81. The summed E-state index contributed by atoms with van der Waals surface area (Å²) in [7, 11) is 1.48. The Morgan fingerprint density at radius 1 is 1.00 bits per heavy atom. The second-order valence-corrected chi connectivity index (χ2v) is 9.67. The number of aryl methyl sites for hydroxylation is 1. The number of para-hydroxylation sites is 1. The SMILES string of the molecule is COc1cc(/C=C2/C(=O)NC(=O)N(c3ccccc3F)C2=O)cc(Br)c1OCc1c(C)ccc2ccccc12. The van der Waals surface area contributed by atoms with Crippen molar-refractivity contribution in [3.63, 3.8) is 0 Å². The number of urea groups is 1. The molecule has 1 saturated heterocycles. The zero-order valence-corrected chi connectivity index (χ0v) is 22.5. The Hall–Kier alpha value is -4.50. The first-order chi connectivity index (χ1) is 18.8. The number of hydrogen-bond donors (Lipinski definition) is 1. The zero-order valence-electron chi connectivity index (χ0n) is 21.0. The third-order valence-corrected chi connectivity index (χ3v) is 6.98. The molecule has 39 heavy (non-hydrogen) atoms. The molecule has 1 aliphatic rings. The maximum absolute atomic E-state index is 14.4. The number of carbonyl (C=O) groups excluding carboxylic acids is 3. The highest BCUT2D eigenvalue weighted by Crippen LogP contribution is 2.38. The lowest BCUT2D eigenvalue weighted by atomic mass is 10.0. The molecule has 196 valence electrons. The van der Waals surface area contributed by atoms with Gasteiger partial charge in [0.25, 0.3) is 11.8 Å². The molecule has 0 atom stereocenters. The maximum atomic E-state index is 14.4. The van der Waals surface area contributed by atoms with Crippen LogP contribution in [0.4, 0.5) is 14.9 Å². The lowest BCUT2D eigenvalue weighted by Crippen LogP contribution is -2.54. The molecule has 1 heterocycles. The van der Waals surface area contributed by atoms with Gasteiger partial charge in [0.15, 0.2) is 11.5 Å². The van der Waals surface area contributed by atoms with Gasteiger partial charge in [-0.2, -0.15) is 0 Å². The number of halogens is 2. The van der Waals surface area contributed by atoms with Gasteiger partial charge in [-0.3, -0.25) is 14.9 Å². The predicted octanol–water partition coefficient (Wildman–Crippen LogP) is 6.30. The third-order valence-electron chi connectivity index (χ3n) is 6.39. The number of ether oxygens (including phenoxy) is 2. The Bertz CT molecular complexity index is 1680. The topological polar surface area (TPSA) is 84.9 Å². The molecule has 4 aromatic carbocycles. The molecule has 0 unspecified atom stereocenters. The number of carbonyl (C=O) groups is 3. The van der Waals surface area contributed by atoms with Gasteiger partial charge in [0, 0.05) is 5.56 Å². The summed E-state index contributed by atoms with van der Waals surface area (Å²) in [5.74, 6) is -1.81. The van der Waals surface area contributed by atoms with E-state index in [1.165, 1.54) is 31.4 Å². The van der Waals surface area contributed by atoms with E-state index in [9.17, 15) is 18.8 Å². The largest absolute Gasteiger partial charge is 0.493 e. The molecule has 0 saturated carbocycles. The lowest BCUT2D eigenvalue weighted by molar-refractivity contribution is -0.122. The minimum atomic E-state index is -1.03. The van der Waals surface area contributed by atoms with Crippen molar-refractivity contribution < 1.29 is 28.2 Å². The normalized spacial score (nSPS) is 14.6. The Kier molecular flexibility index (Phi) is 7.17. The highest BCUT2D eigenvalue weighted by Gasteiger charge is 2.38. The van der Waals surface area contributed by atoms with E-state index in [4.69, 9.17) is 9.47 Å². The van der Waals surface area contributed by atoms with E-state index in [1.807, 2.05) is 37.3 Å². The average Bonchev–Trinajstić information content (AvgIpc) is 2.92. The van der Waals surface area contributed by atoms with Crippen molar-refractivity contribution in [3.8, 4) is 11.5 Å². The van der Waals surface area contributed by atoms with Crippen molar-refractivity contribution in [2.75, 3.05) is 12.0 Å². The van der Waals surface area contributed by atoms with E-state index in [0.29, 0.717) is 26.4 Å². The van der Waals surface area contributed by atoms with Crippen LogP contribution in [0.2, 0.25) is 0 Å². The first-order valence-corrected chi connectivity index (χ1v) is 12.7. The van der Waals surface area contributed by atoms with Gasteiger partial charge in [0.2, 0.25) is 0 Å². The minimum Gasteiger partial charge on any atom is -0.493 e. The maximum Gasteiger partial charge on any atom is 0.336 e. The van der Waals surface area contributed by atoms with Crippen LogP contribution in [0, 0.1) is 12.7 Å². The standard InChI is InChI=1S/C30H22BrFN2O5/c1-17-11-12-19-7-3-4-8-20(19)22(17)16-39-27-23(31)14-18(15-26(27)38-2)13-21-28(35)33-30(37)34(29(21)36)25-10-6-5-9-24(25)32/h3-15H,16H2,1-2H3,(H,33,35,37)/b21-13-. The number of anilines is 1. The van der Waals surface area contributed by atoms with Gasteiger partial charge in [-0.05, 0) is 75.1 Å². The van der Waals surface area contributed by atoms with Gasteiger partial charge in [-0.1, -0.05) is 48.5 Å². The molecular weight excluding hydrogens is 567 g/mol. The molecule has 0 aliphatic carbocycles. The zero-order chi connectivity index (χ0) is 27.7. The van der Waals surface area contributed by atoms with E-state index >= 15 is 0 Å². The summed E-state index contributed by atoms with van der Waals surface area (Å²) in [6.07, 6.45) is 1.31. The Morgan fingerprint density at radius 3 is 2.51 bits per heavy atom. The van der Waals surface area contributed by atoms with Crippen LogP contribution in [0.5, 0.6) is 11.5 Å². The summed E-state index contributed by atoms with van der Waals surface area (Å²) in [5, 5.41) is 4.29. The van der Waals surface area contributed by atoms with Crippen molar-refractivity contribution in [2.24, 2.45) is 0 Å². The van der Waals surface area contributed by atoms with Gasteiger partial charge >= 0.3 is 6.03 Å². The van der Waals surface area contributed by atoms with Crippen LogP contribution in [-0.4, -0.2) is 25.0 Å². The molecule has 0 bridgehead atoms. The fourth-order valence-electron chi connectivity index (χ4n) is 4.42.